The van der Waals surface area contributed by atoms with Crippen LogP contribution < -0.4 is 5.32 Å². The van der Waals surface area contributed by atoms with Crippen molar-refractivity contribution in [1.29, 1.82) is 5.26 Å². The first-order valence-electron chi connectivity index (χ1n) is 3.87. The average Bonchev–Trinajstić information content (AvgIpc) is 2.27. The molecule has 0 aromatic carbocycles. The van der Waals surface area contributed by atoms with Crippen molar-refractivity contribution in [3.8, 4) is 5.40 Å². The molecule has 0 radical (unpaired) electrons. The summed E-state index contributed by atoms with van der Waals surface area (Å²) in [4.78, 5) is 15.3. The first kappa shape index (κ1) is 11.8. The second-order valence-corrected chi connectivity index (χ2v) is 6.02. The fourth-order valence-electron chi connectivity index (χ4n) is 0.743. The third kappa shape index (κ3) is 4.17. The van der Waals surface area contributed by atoms with Gasteiger partial charge in [0, 0.05) is 0 Å². The fourth-order valence-corrected chi connectivity index (χ4v) is 2.41. The number of hydrogen-bond donors (Lipinski definition) is 1. The van der Waals surface area contributed by atoms with Gasteiger partial charge in [-0.25, -0.2) is 0 Å². The van der Waals surface area contributed by atoms with E-state index in [1.54, 1.807) is 24.5 Å². The van der Waals surface area contributed by atoms with Crippen LogP contribution in [0.5, 0.6) is 0 Å². The first-order chi connectivity index (χ1) is 7.24. The van der Waals surface area contributed by atoms with Crippen molar-refractivity contribution < 1.29 is 4.79 Å². The van der Waals surface area contributed by atoms with Crippen molar-refractivity contribution in [1.82, 2.24) is 4.98 Å². The number of rotatable bonds is 4. The van der Waals surface area contributed by atoms with Gasteiger partial charge in [-0.05, 0) is 0 Å². The molecule has 0 aliphatic carbocycles. The van der Waals surface area contributed by atoms with Gasteiger partial charge in [0.1, 0.15) is 0 Å². The van der Waals surface area contributed by atoms with E-state index in [-0.39, 0.29) is 19.7 Å². The number of hydrogen-bond acceptors (Lipinski definition) is 4. The summed E-state index contributed by atoms with van der Waals surface area (Å²) in [7, 11) is 1.05. The van der Waals surface area contributed by atoms with Gasteiger partial charge in [-0.1, -0.05) is 0 Å². The summed E-state index contributed by atoms with van der Waals surface area (Å²) >= 11 is -0.230. The normalized spacial score (nSPS) is 9.00. The predicted octanol–water partition coefficient (Wildman–Crippen LogP) is 1.37. The SMILES string of the molecule is C=C([Se]SC#N)C(=O)Nc1ccncc1. The van der Waals surface area contributed by atoms with Crippen LogP contribution in [0.4, 0.5) is 5.69 Å². The van der Waals surface area contributed by atoms with Crippen molar-refractivity contribution in [2.45, 2.75) is 0 Å². The molecule has 1 N–H and O–H groups in total. The molecule has 1 amide bonds. The van der Waals surface area contributed by atoms with Gasteiger partial charge < -0.3 is 0 Å². The zero-order valence-electron chi connectivity index (χ0n) is 7.64. The summed E-state index contributed by atoms with van der Waals surface area (Å²) in [5.41, 5.74) is 0.675. The van der Waals surface area contributed by atoms with Gasteiger partial charge in [-0.15, -0.1) is 0 Å². The first-order valence-corrected chi connectivity index (χ1v) is 7.56. The monoisotopic (exact) mass is 285 g/mol. The zero-order chi connectivity index (χ0) is 11.1. The zero-order valence-corrected chi connectivity index (χ0v) is 10.2. The number of nitriles is 1. The third-order valence-electron chi connectivity index (χ3n) is 1.37. The molecule has 0 unspecified atom stereocenters. The minimum absolute atomic E-state index is 0.230. The van der Waals surface area contributed by atoms with Gasteiger partial charge in [-0.3, -0.25) is 0 Å². The summed E-state index contributed by atoms with van der Waals surface area (Å²) in [6.07, 6.45) is 3.18. The second kappa shape index (κ2) is 6.25. The molecule has 0 atom stereocenters. The molecule has 0 aliphatic heterocycles. The number of anilines is 1. The van der Waals surface area contributed by atoms with E-state index in [4.69, 9.17) is 5.26 Å². The van der Waals surface area contributed by atoms with Crippen LogP contribution in [0.3, 0.4) is 0 Å². The Morgan fingerprint density at radius 1 is 1.60 bits per heavy atom. The summed E-state index contributed by atoms with van der Waals surface area (Å²) < 4.78 is 0.436. The maximum absolute atomic E-state index is 11.5. The van der Waals surface area contributed by atoms with Gasteiger partial charge in [0.25, 0.3) is 0 Å². The molecular weight excluding hydrogens is 277 g/mol. The maximum atomic E-state index is 11.5. The molecule has 0 spiro atoms. The van der Waals surface area contributed by atoms with Crippen LogP contribution in [0, 0.1) is 10.7 Å². The average molecular weight is 284 g/mol. The summed E-state index contributed by atoms with van der Waals surface area (Å²) in [6.45, 7) is 3.62. The Bertz CT molecular complexity index is 402. The third-order valence-corrected chi connectivity index (χ3v) is 4.38. The van der Waals surface area contributed by atoms with Crippen LogP contribution in [-0.2, 0) is 4.79 Å². The number of pyridine rings is 1. The molecular formula is C9H7N3OSSe. The van der Waals surface area contributed by atoms with Crippen molar-refractivity contribution in [3.63, 3.8) is 0 Å². The second-order valence-electron chi connectivity index (χ2n) is 2.37. The van der Waals surface area contributed by atoms with E-state index < -0.39 is 0 Å². The molecule has 15 heavy (non-hydrogen) atoms. The number of amides is 1. The Labute approximate surface area is 97.0 Å². The molecule has 76 valence electrons. The van der Waals surface area contributed by atoms with E-state index in [0.717, 1.165) is 10.2 Å². The van der Waals surface area contributed by atoms with Crippen LogP contribution in [0.25, 0.3) is 0 Å². The molecule has 0 saturated heterocycles. The molecule has 1 aromatic rings. The van der Waals surface area contributed by atoms with Gasteiger partial charge in [0.05, 0.1) is 0 Å². The van der Waals surface area contributed by atoms with Gasteiger partial charge in [0.15, 0.2) is 0 Å². The number of carbonyl (C=O) groups excluding carboxylic acids is 1. The topological polar surface area (TPSA) is 65.8 Å². The van der Waals surface area contributed by atoms with Crippen LogP contribution >= 0.6 is 10.2 Å². The number of nitrogens with one attached hydrogen (secondary N) is 1. The summed E-state index contributed by atoms with van der Waals surface area (Å²) in [6, 6.07) is 3.38. The Kier molecular flexibility index (Phi) is 4.91. The van der Waals surface area contributed by atoms with Crippen molar-refractivity contribution >= 4 is 35.6 Å². The Morgan fingerprint density at radius 2 is 2.27 bits per heavy atom. The molecule has 0 aliphatic rings. The van der Waals surface area contributed by atoms with Crippen LogP contribution in [0.15, 0.2) is 35.6 Å². The van der Waals surface area contributed by atoms with E-state index in [1.165, 1.54) is 0 Å². The quantitative estimate of drug-likeness (QED) is 0.515. The van der Waals surface area contributed by atoms with E-state index in [1.807, 2.05) is 5.40 Å². The molecule has 6 heteroatoms. The molecule has 0 fully saturated rings. The van der Waals surface area contributed by atoms with Crippen LogP contribution in [0.2, 0.25) is 0 Å². The van der Waals surface area contributed by atoms with Gasteiger partial charge in [0.2, 0.25) is 0 Å². The van der Waals surface area contributed by atoms with Gasteiger partial charge >= 0.3 is 96.9 Å². The molecule has 4 nitrogen and oxygen atoms in total. The Morgan fingerprint density at radius 3 is 2.87 bits per heavy atom. The predicted molar refractivity (Wildman–Crippen MR) is 61.0 cm³/mol. The Hall–Kier alpha value is -1.28. The van der Waals surface area contributed by atoms with E-state index >= 15 is 0 Å². The number of aromatic nitrogens is 1. The number of nitrogens with zero attached hydrogens (tertiary/aromatic N) is 2. The standard InChI is InChI=1S/C9H7N3OSSe/c1-7(15-14-6-10)9(13)12-8-2-4-11-5-3-8/h2-5H,1H2,(H,11,12,13). The summed E-state index contributed by atoms with van der Waals surface area (Å²) in [5.74, 6) is -0.246. The fraction of sp³-hybridized carbons (Fsp3) is 0. The molecule has 0 saturated carbocycles. The van der Waals surface area contributed by atoms with E-state index in [0.29, 0.717) is 10.2 Å². The van der Waals surface area contributed by atoms with Crippen molar-refractivity contribution in [2.75, 3.05) is 5.32 Å². The van der Waals surface area contributed by atoms with Gasteiger partial charge in [-0.2, -0.15) is 0 Å². The van der Waals surface area contributed by atoms with E-state index in [2.05, 4.69) is 16.9 Å². The van der Waals surface area contributed by atoms with Crippen LogP contribution in [0.1, 0.15) is 0 Å². The molecule has 0 bridgehead atoms. The van der Waals surface area contributed by atoms with Crippen molar-refractivity contribution in [2.24, 2.45) is 0 Å². The van der Waals surface area contributed by atoms with E-state index in [9.17, 15) is 4.79 Å². The number of thiocyanates is 1. The minimum atomic E-state index is -0.246. The summed E-state index contributed by atoms with van der Waals surface area (Å²) in [5, 5.41) is 12.9. The number of carbonyl (C=O) groups is 1. The van der Waals surface area contributed by atoms with Crippen molar-refractivity contribution in [3.05, 3.63) is 35.6 Å². The molecule has 1 rings (SSSR count). The molecule has 1 heterocycles. The van der Waals surface area contributed by atoms with Crippen LogP contribution in [-0.4, -0.2) is 24.7 Å². The Balaban J connectivity index is 2.50. The molecule has 1 aromatic heterocycles.